The third-order valence-corrected chi connectivity index (χ3v) is 5.22. The van der Waals surface area contributed by atoms with E-state index in [0.717, 1.165) is 24.2 Å². The van der Waals surface area contributed by atoms with E-state index in [9.17, 15) is 14.4 Å². The highest BCUT2D eigenvalue weighted by molar-refractivity contribution is 5.95. The van der Waals surface area contributed by atoms with E-state index in [2.05, 4.69) is 5.32 Å². The topological polar surface area (TPSA) is 79.0 Å². The molecule has 0 aromatic heterocycles. The number of rotatable bonds is 7. The van der Waals surface area contributed by atoms with Crippen molar-refractivity contribution < 1.29 is 19.1 Å². The normalized spacial score (nSPS) is 20.3. The molecule has 2 saturated heterocycles. The number of likely N-dealkylation sites (tertiary alicyclic amines) is 1. The quantitative estimate of drug-likeness (QED) is 0.782. The number of benzene rings is 1. The van der Waals surface area contributed by atoms with Crippen molar-refractivity contribution in [3.8, 4) is 0 Å². The molecule has 3 rings (SSSR count). The van der Waals surface area contributed by atoms with Gasteiger partial charge in [0.1, 0.15) is 0 Å². The van der Waals surface area contributed by atoms with Crippen LogP contribution in [0.15, 0.2) is 24.3 Å². The summed E-state index contributed by atoms with van der Waals surface area (Å²) in [7, 11) is 1.60. The summed E-state index contributed by atoms with van der Waals surface area (Å²) in [6.07, 6.45) is 2.51. The molecule has 2 aliphatic heterocycles. The Morgan fingerprint density at radius 1 is 1.19 bits per heavy atom. The van der Waals surface area contributed by atoms with Gasteiger partial charge in [0, 0.05) is 51.8 Å². The van der Waals surface area contributed by atoms with Crippen LogP contribution < -0.4 is 10.2 Å². The largest absolute Gasteiger partial charge is 0.383 e. The van der Waals surface area contributed by atoms with E-state index in [0.29, 0.717) is 45.5 Å². The predicted molar refractivity (Wildman–Crippen MR) is 101 cm³/mol. The lowest BCUT2D eigenvalue weighted by atomic mass is 9.96. The first-order valence-electron chi connectivity index (χ1n) is 9.52. The molecule has 3 amide bonds. The minimum absolute atomic E-state index is 0.0243. The smallest absolute Gasteiger partial charge is 0.227 e. The van der Waals surface area contributed by atoms with Crippen LogP contribution >= 0.6 is 0 Å². The zero-order valence-electron chi connectivity index (χ0n) is 15.8. The molecule has 1 N–H and O–H groups in total. The molecule has 27 heavy (non-hydrogen) atoms. The molecule has 0 radical (unpaired) electrons. The van der Waals surface area contributed by atoms with Crippen molar-refractivity contribution in [3.63, 3.8) is 0 Å². The summed E-state index contributed by atoms with van der Waals surface area (Å²) in [5.41, 5.74) is 1.90. The molecule has 0 spiro atoms. The second-order valence-corrected chi connectivity index (χ2v) is 7.10. The maximum Gasteiger partial charge on any atom is 0.227 e. The van der Waals surface area contributed by atoms with Crippen LogP contribution in [0.5, 0.6) is 0 Å². The molecule has 1 aromatic rings. The standard InChI is InChI=1S/C20H27N3O4/c1-27-12-11-22-14-16(6-9-18(22)24)20(26)21-13-15-4-7-17(8-5-15)23-10-2-3-19(23)25/h4-5,7-8,16H,2-3,6,9-14H2,1H3,(H,21,26). The van der Waals surface area contributed by atoms with Gasteiger partial charge in [0.05, 0.1) is 12.5 Å². The number of nitrogens with one attached hydrogen (secondary N) is 1. The van der Waals surface area contributed by atoms with Gasteiger partial charge in [-0.15, -0.1) is 0 Å². The highest BCUT2D eigenvalue weighted by atomic mass is 16.5. The van der Waals surface area contributed by atoms with Crippen LogP contribution in [0.1, 0.15) is 31.2 Å². The molecule has 146 valence electrons. The van der Waals surface area contributed by atoms with E-state index in [1.54, 1.807) is 16.9 Å². The monoisotopic (exact) mass is 373 g/mol. The van der Waals surface area contributed by atoms with Crippen molar-refractivity contribution in [1.82, 2.24) is 10.2 Å². The maximum atomic E-state index is 12.5. The van der Waals surface area contributed by atoms with Gasteiger partial charge in [-0.2, -0.15) is 0 Å². The average Bonchev–Trinajstić information content (AvgIpc) is 3.11. The molecule has 2 heterocycles. The molecular weight excluding hydrogens is 346 g/mol. The van der Waals surface area contributed by atoms with Crippen molar-refractivity contribution in [1.29, 1.82) is 0 Å². The Morgan fingerprint density at radius 3 is 2.63 bits per heavy atom. The molecule has 7 heteroatoms. The number of carbonyl (C=O) groups excluding carboxylic acids is 3. The molecule has 2 fully saturated rings. The number of amides is 3. The Hall–Kier alpha value is -2.41. The number of piperidine rings is 1. The summed E-state index contributed by atoms with van der Waals surface area (Å²) in [5.74, 6) is 0.0499. The Labute approximate surface area is 159 Å². The fourth-order valence-corrected chi connectivity index (χ4v) is 3.59. The number of hydrogen-bond donors (Lipinski definition) is 1. The average molecular weight is 373 g/mol. The second kappa shape index (κ2) is 8.99. The molecule has 7 nitrogen and oxygen atoms in total. The van der Waals surface area contributed by atoms with Gasteiger partial charge in [0.2, 0.25) is 17.7 Å². The van der Waals surface area contributed by atoms with E-state index in [1.807, 2.05) is 24.3 Å². The van der Waals surface area contributed by atoms with Crippen LogP contribution in [-0.2, 0) is 25.7 Å². The van der Waals surface area contributed by atoms with Gasteiger partial charge in [0.15, 0.2) is 0 Å². The van der Waals surface area contributed by atoms with E-state index in [-0.39, 0.29) is 23.6 Å². The fraction of sp³-hybridized carbons (Fsp3) is 0.550. The van der Waals surface area contributed by atoms with Crippen LogP contribution in [0.2, 0.25) is 0 Å². The van der Waals surface area contributed by atoms with Gasteiger partial charge in [-0.3, -0.25) is 14.4 Å². The number of carbonyl (C=O) groups is 3. The maximum absolute atomic E-state index is 12.5. The summed E-state index contributed by atoms with van der Waals surface area (Å²) in [6.45, 7) is 2.66. The van der Waals surface area contributed by atoms with Crippen molar-refractivity contribution in [2.45, 2.75) is 32.2 Å². The second-order valence-electron chi connectivity index (χ2n) is 7.10. The zero-order chi connectivity index (χ0) is 19.2. The number of hydrogen-bond acceptors (Lipinski definition) is 4. The molecule has 1 atom stereocenters. The molecule has 0 saturated carbocycles. The van der Waals surface area contributed by atoms with Gasteiger partial charge < -0.3 is 19.9 Å². The van der Waals surface area contributed by atoms with E-state index in [1.165, 1.54) is 0 Å². The first-order chi connectivity index (χ1) is 13.1. The SMILES string of the molecule is COCCN1CC(C(=O)NCc2ccc(N3CCCC3=O)cc2)CCC1=O. The van der Waals surface area contributed by atoms with Gasteiger partial charge in [0.25, 0.3) is 0 Å². The Balaban J connectivity index is 1.50. The van der Waals surface area contributed by atoms with Gasteiger partial charge in [-0.25, -0.2) is 0 Å². The van der Waals surface area contributed by atoms with E-state index >= 15 is 0 Å². The van der Waals surface area contributed by atoms with Crippen LogP contribution in [-0.4, -0.2) is 56.0 Å². The summed E-state index contributed by atoms with van der Waals surface area (Å²) in [5, 5.41) is 2.97. The molecule has 2 aliphatic rings. The van der Waals surface area contributed by atoms with E-state index in [4.69, 9.17) is 4.74 Å². The molecule has 0 aliphatic carbocycles. The fourth-order valence-electron chi connectivity index (χ4n) is 3.59. The van der Waals surface area contributed by atoms with Crippen molar-refractivity contribution >= 4 is 23.4 Å². The molecule has 1 unspecified atom stereocenters. The lowest BCUT2D eigenvalue weighted by Gasteiger charge is -2.31. The Morgan fingerprint density at radius 2 is 1.96 bits per heavy atom. The number of anilines is 1. The van der Waals surface area contributed by atoms with Crippen LogP contribution in [0.4, 0.5) is 5.69 Å². The first-order valence-corrected chi connectivity index (χ1v) is 9.52. The highest BCUT2D eigenvalue weighted by Gasteiger charge is 2.29. The number of methoxy groups -OCH3 is 1. The third-order valence-electron chi connectivity index (χ3n) is 5.22. The lowest BCUT2D eigenvalue weighted by molar-refractivity contribution is -0.139. The van der Waals surface area contributed by atoms with Crippen LogP contribution in [0.25, 0.3) is 0 Å². The predicted octanol–water partition coefficient (Wildman–Crippen LogP) is 1.31. The van der Waals surface area contributed by atoms with Crippen molar-refractivity contribution in [2.24, 2.45) is 5.92 Å². The summed E-state index contributed by atoms with van der Waals surface area (Å²) in [4.78, 5) is 39.7. The number of nitrogens with zero attached hydrogens (tertiary/aromatic N) is 2. The third kappa shape index (κ3) is 4.86. The minimum Gasteiger partial charge on any atom is -0.383 e. The van der Waals surface area contributed by atoms with Crippen molar-refractivity contribution in [3.05, 3.63) is 29.8 Å². The Kier molecular flexibility index (Phi) is 6.45. The molecule has 1 aromatic carbocycles. The number of ether oxygens (including phenoxy) is 1. The van der Waals surface area contributed by atoms with Crippen LogP contribution in [0, 0.1) is 5.92 Å². The summed E-state index contributed by atoms with van der Waals surface area (Å²) >= 11 is 0. The van der Waals surface area contributed by atoms with Crippen molar-refractivity contribution in [2.75, 3.05) is 38.3 Å². The Bertz CT molecular complexity index is 689. The van der Waals surface area contributed by atoms with Gasteiger partial charge in [-0.1, -0.05) is 12.1 Å². The molecule has 0 bridgehead atoms. The highest BCUT2D eigenvalue weighted by Crippen LogP contribution is 2.22. The first kappa shape index (κ1) is 19.4. The summed E-state index contributed by atoms with van der Waals surface area (Å²) < 4.78 is 5.03. The lowest BCUT2D eigenvalue weighted by Crippen LogP contribution is -2.46. The minimum atomic E-state index is -0.180. The summed E-state index contributed by atoms with van der Waals surface area (Å²) in [6, 6.07) is 7.74. The zero-order valence-corrected chi connectivity index (χ0v) is 15.8. The van der Waals surface area contributed by atoms with Gasteiger partial charge >= 0.3 is 0 Å². The van der Waals surface area contributed by atoms with Crippen LogP contribution in [0.3, 0.4) is 0 Å². The van der Waals surface area contributed by atoms with Gasteiger partial charge in [-0.05, 0) is 30.5 Å². The molecular formula is C20H27N3O4. The van der Waals surface area contributed by atoms with E-state index < -0.39 is 0 Å².